The van der Waals surface area contributed by atoms with Crippen molar-refractivity contribution in [3.05, 3.63) is 71.0 Å². The number of rotatable bonds is 7. The van der Waals surface area contributed by atoms with Crippen LogP contribution in [0, 0.1) is 5.92 Å². The minimum atomic E-state index is 0.280. The maximum absolute atomic E-state index is 5.65. The van der Waals surface area contributed by atoms with Gasteiger partial charge >= 0.3 is 0 Å². The number of fused-ring (bicyclic) bond motifs is 3. The minimum Gasteiger partial charge on any atom is -0.493 e. The van der Waals surface area contributed by atoms with Gasteiger partial charge in [-0.15, -0.1) is 0 Å². The first-order valence-electron chi connectivity index (χ1n) is 11.4. The molecule has 5 rings (SSSR count). The van der Waals surface area contributed by atoms with E-state index in [0.717, 1.165) is 18.5 Å². The van der Waals surface area contributed by atoms with E-state index in [-0.39, 0.29) is 6.04 Å². The summed E-state index contributed by atoms with van der Waals surface area (Å²) >= 11 is 0. The lowest BCUT2D eigenvalue weighted by molar-refractivity contribution is 0.117. The first kappa shape index (κ1) is 21.5. The lowest BCUT2D eigenvalue weighted by Crippen LogP contribution is -2.37. The summed E-state index contributed by atoms with van der Waals surface area (Å²) in [5, 5.41) is 5.57. The molecule has 0 spiro atoms. The number of hydrogen-bond donors (Lipinski definition) is 1. The van der Waals surface area contributed by atoms with E-state index in [2.05, 4.69) is 58.1 Å². The van der Waals surface area contributed by atoms with Crippen LogP contribution in [0.5, 0.6) is 11.5 Å². The Morgan fingerprint density at radius 1 is 1.12 bits per heavy atom. The molecule has 0 amide bonds. The molecule has 0 fully saturated rings. The van der Waals surface area contributed by atoms with Crippen LogP contribution in [0.2, 0.25) is 0 Å². The number of benzene rings is 2. The van der Waals surface area contributed by atoms with Gasteiger partial charge in [-0.2, -0.15) is 4.98 Å². The van der Waals surface area contributed by atoms with E-state index in [1.54, 1.807) is 14.2 Å². The molecule has 3 heterocycles. The summed E-state index contributed by atoms with van der Waals surface area (Å²) in [4.78, 5) is 10.8. The third-order valence-corrected chi connectivity index (χ3v) is 6.47. The van der Waals surface area contributed by atoms with Gasteiger partial charge in [-0.3, -0.25) is 4.90 Å². The molecule has 0 bridgehead atoms. The third kappa shape index (κ3) is 4.09. The second-order valence-corrected chi connectivity index (χ2v) is 8.94. The van der Waals surface area contributed by atoms with E-state index < -0.39 is 0 Å². The van der Waals surface area contributed by atoms with E-state index in [4.69, 9.17) is 14.0 Å². The zero-order chi connectivity index (χ0) is 22.9. The van der Waals surface area contributed by atoms with Gasteiger partial charge in [0.1, 0.15) is 0 Å². The van der Waals surface area contributed by atoms with Gasteiger partial charge in [0.25, 0.3) is 0 Å². The number of aromatic amines is 1. The van der Waals surface area contributed by atoms with Crippen LogP contribution in [0.25, 0.3) is 10.9 Å². The van der Waals surface area contributed by atoms with Crippen molar-refractivity contribution in [1.29, 1.82) is 0 Å². The number of para-hydroxylation sites is 1. The predicted molar refractivity (Wildman–Crippen MR) is 127 cm³/mol. The number of H-pyrrole nitrogens is 1. The number of nitrogens with zero attached hydrogens (tertiary/aromatic N) is 3. The first-order valence-corrected chi connectivity index (χ1v) is 11.4. The monoisotopic (exact) mass is 446 g/mol. The normalized spacial score (nSPS) is 16.3. The molecule has 0 aliphatic carbocycles. The average Bonchev–Trinajstić information content (AvgIpc) is 3.42. The molecule has 0 saturated heterocycles. The van der Waals surface area contributed by atoms with Crippen molar-refractivity contribution < 1.29 is 14.0 Å². The highest BCUT2D eigenvalue weighted by Crippen LogP contribution is 2.39. The highest BCUT2D eigenvalue weighted by atomic mass is 16.5. The molecule has 33 heavy (non-hydrogen) atoms. The molecule has 4 aromatic rings. The molecule has 1 aliphatic heterocycles. The number of ether oxygens (including phenoxy) is 2. The lowest BCUT2D eigenvalue weighted by Gasteiger charge is -2.37. The van der Waals surface area contributed by atoms with Gasteiger partial charge < -0.3 is 19.0 Å². The Morgan fingerprint density at radius 2 is 1.94 bits per heavy atom. The summed E-state index contributed by atoms with van der Waals surface area (Å²) < 4.78 is 16.4. The Balaban J connectivity index is 1.34. The smallest absolute Gasteiger partial charge is 0.240 e. The van der Waals surface area contributed by atoms with Gasteiger partial charge in [-0.1, -0.05) is 43.3 Å². The van der Waals surface area contributed by atoms with Gasteiger partial charge in [0.2, 0.25) is 5.89 Å². The Hall–Kier alpha value is -3.32. The van der Waals surface area contributed by atoms with Crippen LogP contribution in [-0.4, -0.2) is 40.8 Å². The van der Waals surface area contributed by atoms with Crippen molar-refractivity contribution in [2.24, 2.45) is 5.92 Å². The number of methoxy groups -OCH3 is 2. The molecule has 1 atom stereocenters. The van der Waals surface area contributed by atoms with Crippen LogP contribution >= 0.6 is 0 Å². The molecule has 7 nitrogen and oxygen atoms in total. The maximum Gasteiger partial charge on any atom is 0.240 e. The van der Waals surface area contributed by atoms with Crippen molar-refractivity contribution in [2.45, 2.75) is 39.3 Å². The van der Waals surface area contributed by atoms with Crippen molar-refractivity contribution in [3.8, 4) is 11.5 Å². The van der Waals surface area contributed by atoms with Gasteiger partial charge in [-0.05, 0) is 41.7 Å². The van der Waals surface area contributed by atoms with Crippen molar-refractivity contribution >= 4 is 10.9 Å². The fraction of sp³-hybridized carbons (Fsp3) is 0.385. The van der Waals surface area contributed by atoms with E-state index >= 15 is 0 Å². The summed E-state index contributed by atoms with van der Waals surface area (Å²) in [7, 11) is 3.27. The van der Waals surface area contributed by atoms with Gasteiger partial charge in [-0.25, -0.2) is 0 Å². The van der Waals surface area contributed by atoms with Crippen LogP contribution < -0.4 is 9.47 Å². The van der Waals surface area contributed by atoms with Gasteiger partial charge in [0.05, 0.1) is 26.8 Å². The van der Waals surface area contributed by atoms with Crippen LogP contribution in [-0.2, 0) is 19.4 Å². The van der Waals surface area contributed by atoms with E-state index in [1.165, 1.54) is 22.2 Å². The fourth-order valence-corrected chi connectivity index (χ4v) is 5.03. The quantitative estimate of drug-likeness (QED) is 0.435. The molecule has 7 heteroatoms. The molecule has 2 aromatic carbocycles. The molecule has 0 radical (unpaired) electrons. The summed E-state index contributed by atoms with van der Waals surface area (Å²) in [6.07, 6.45) is 1.58. The molecule has 0 saturated carbocycles. The van der Waals surface area contributed by atoms with Crippen LogP contribution in [0.1, 0.15) is 48.4 Å². The molecular formula is C26H30N4O3. The Bertz CT molecular complexity index is 1260. The maximum atomic E-state index is 5.65. The molecule has 1 unspecified atom stereocenters. The minimum absolute atomic E-state index is 0.280. The van der Waals surface area contributed by atoms with Crippen LogP contribution in [0.15, 0.2) is 47.0 Å². The van der Waals surface area contributed by atoms with Crippen molar-refractivity contribution in [2.75, 3.05) is 20.8 Å². The largest absolute Gasteiger partial charge is 0.493 e. The second kappa shape index (κ2) is 8.90. The van der Waals surface area contributed by atoms with E-state index in [9.17, 15) is 0 Å². The second-order valence-electron chi connectivity index (χ2n) is 8.94. The predicted octanol–water partition coefficient (Wildman–Crippen LogP) is 4.91. The summed E-state index contributed by atoms with van der Waals surface area (Å²) in [5.74, 6) is 3.17. The van der Waals surface area contributed by atoms with Crippen LogP contribution in [0.3, 0.4) is 0 Å². The first-order chi connectivity index (χ1) is 16.1. The van der Waals surface area contributed by atoms with Crippen molar-refractivity contribution in [1.82, 2.24) is 20.0 Å². The Kier molecular flexibility index (Phi) is 5.81. The van der Waals surface area contributed by atoms with Gasteiger partial charge in [0.15, 0.2) is 17.3 Å². The van der Waals surface area contributed by atoms with Crippen LogP contribution in [0.4, 0.5) is 0 Å². The molecule has 2 aromatic heterocycles. The van der Waals surface area contributed by atoms with E-state index in [0.29, 0.717) is 42.1 Å². The highest BCUT2D eigenvalue weighted by Gasteiger charge is 2.33. The van der Waals surface area contributed by atoms with E-state index in [1.807, 2.05) is 18.2 Å². The lowest BCUT2D eigenvalue weighted by atomic mass is 9.90. The van der Waals surface area contributed by atoms with Crippen molar-refractivity contribution in [3.63, 3.8) is 0 Å². The molecule has 1 N–H and O–H groups in total. The SMILES string of the molecule is COc1ccc(Cc2noc(CN3CCc4c([nH]c5ccccc45)C3C(C)C)n2)cc1OC. The summed E-state index contributed by atoms with van der Waals surface area (Å²) in [6, 6.07) is 14.7. The molecular weight excluding hydrogens is 416 g/mol. The zero-order valence-corrected chi connectivity index (χ0v) is 19.6. The fourth-order valence-electron chi connectivity index (χ4n) is 5.03. The topological polar surface area (TPSA) is 76.4 Å². The summed E-state index contributed by atoms with van der Waals surface area (Å²) in [6.45, 7) is 6.14. The summed E-state index contributed by atoms with van der Waals surface area (Å²) in [5.41, 5.74) is 5.02. The van der Waals surface area contributed by atoms with Gasteiger partial charge in [0, 0.05) is 29.6 Å². The Labute approximate surface area is 193 Å². The third-order valence-electron chi connectivity index (χ3n) is 6.47. The number of aromatic nitrogens is 3. The zero-order valence-electron chi connectivity index (χ0n) is 19.6. The highest BCUT2D eigenvalue weighted by molar-refractivity contribution is 5.85. The number of nitrogens with one attached hydrogen (secondary N) is 1. The Morgan fingerprint density at radius 3 is 2.73 bits per heavy atom. The standard InChI is InChI=1S/C26H30N4O3/c1-16(2)26-25-19(18-7-5-6-8-20(18)27-25)11-12-30(26)15-24-28-23(29-33-24)14-17-9-10-21(31-3)22(13-17)32-4/h5-10,13,16,26-27H,11-12,14-15H2,1-4H3. The molecule has 172 valence electrons. The molecule has 1 aliphatic rings. The number of hydrogen-bond acceptors (Lipinski definition) is 6. The average molecular weight is 447 g/mol.